The Labute approximate surface area is 109 Å². The molecular formula is C15H22N2O. The highest BCUT2D eigenvalue weighted by Gasteiger charge is 2.28. The lowest BCUT2D eigenvalue weighted by Crippen LogP contribution is -2.40. The Hall–Kier alpha value is -1.35. The summed E-state index contributed by atoms with van der Waals surface area (Å²) < 4.78 is 0. The van der Waals surface area contributed by atoms with Crippen LogP contribution in [0.3, 0.4) is 0 Å². The second-order valence-electron chi connectivity index (χ2n) is 5.10. The first-order valence-electron chi connectivity index (χ1n) is 6.86. The van der Waals surface area contributed by atoms with E-state index in [0.29, 0.717) is 0 Å². The molecule has 2 atom stereocenters. The Bertz CT molecular complexity index is 417. The molecule has 0 aromatic heterocycles. The van der Waals surface area contributed by atoms with Crippen LogP contribution in [0.4, 0.5) is 5.69 Å². The summed E-state index contributed by atoms with van der Waals surface area (Å²) in [5.41, 5.74) is 8.15. The lowest BCUT2D eigenvalue weighted by Gasteiger charge is -2.27. The molecule has 18 heavy (non-hydrogen) atoms. The molecule has 0 aliphatic heterocycles. The van der Waals surface area contributed by atoms with Gasteiger partial charge in [0.1, 0.15) is 0 Å². The van der Waals surface area contributed by atoms with Gasteiger partial charge in [-0.25, -0.2) is 0 Å². The highest BCUT2D eigenvalue weighted by atomic mass is 16.1. The third kappa shape index (κ3) is 3.10. The second kappa shape index (κ2) is 6.01. The van der Waals surface area contributed by atoms with Gasteiger partial charge in [0, 0.05) is 11.7 Å². The fraction of sp³-hybridized carbons (Fsp3) is 0.533. The third-order valence-electron chi connectivity index (χ3n) is 3.76. The first-order valence-corrected chi connectivity index (χ1v) is 6.86. The highest BCUT2D eigenvalue weighted by Crippen LogP contribution is 2.24. The average molecular weight is 246 g/mol. The summed E-state index contributed by atoms with van der Waals surface area (Å²) >= 11 is 0. The number of nitrogens with two attached hydrogens (primary N) is 1. The van der Waals surface area contributed by atoms with Crippen molar-refractivity contribution in [1.82, 2.24) is 0 Å². The third-order valence-corrected chi connectivity index (χ3v) is 3.76. The number of rotatable bonds is 3. The fourth-order valence-electron chi connectivity index (χ4n) is 2.59. The quantitative estimate of drug-likeness (QED) is 0.861. The van der Waals surface area contributed by atoms with Gasteiger partial charge in [-0.1, -0.05) is 31.9 Å². The van der Waals surface area contributed by atoms with E-state index in [2.05, 4.69) is 18.3 Å². The summed E-state index contributed by atoms with van der Waals surface area (Å²) in [5, 5.41) is 3.00. The summed E-state index contributed by atoms with van der Waals surface area (Å²) in [4.78, 5) is 12.2. The second-order valence-corrected chi connectivity index (χ2v) is 5.10. The molecule has 1 aliphatic carbocycles. The van der Waals surface area contributed by atoms with E-state index in [1.54, 1.807) is 0 Å². The summed E-state index contributed by atoms with van der Waals surface area (Å²) in [6.45, 7) is 2.11. The maximum atomic E-state index is 12.2. The van der Waals surface area contributed by atoms with E-state index in [1.807, 2.05) is 18.2 Å². The van der Waals surface area contributed by atoms with Gasteiger partial charge >= 0.3 is 0 Å². The Morgan fingerprint density at radius 2 is 2.17 bits per heavy atom. The Balaban J connectivity index is 2.01. The molecule has 1 amide bonds. The van der Waals surface area contributed by atoms with Crippen LogP contribution in [0.5, 0.6) is 0 Å². The van der Waals surface area contributed by atoms with Crippen molar-refractivity contribution in [3.05, 3.63) is 29.8 Å². The number of anilines is 1. The predicted molar refractivity (Wildman–Crippen MR) is 74.4 cm³/mol. The zero-order chi connectivity index (χ0) is 13.0. The molecule has 3 heteroatoms. The number of hydrogen-bond donors (Lipinski definition) is 2. The molecule has 0 heterocycles. The van der Waals surface area contributed by atoms with Crippen molar-refractivity contribution >= 4 is 11.6 Å². The van der Waals surface area contributed by atoms with Crippen LogP contribution < -0.4 is 11.1 Å². The van der Waals surface area contributed by atoms with Crippen molar-refractivity contribution in [3.63, 3.8) is 0 Å². The smallest absolute Gasteiger partial charge is 0.229 e. The molecule has 0 radical (unpaired) electrons. The lowest BCUT2D eigenvalue weighted by atomic mass is 9.84. The molecule has 1 fully saturated rings. The summed E-state index contributed by atoms with van der Waals surface area (Å²) in [6, 6.07) is 8.04. The molecule has 0 spiro atoms. The van der Waals surface area contributed by atoms with Crippen LogP contribution in [0.25, 0.3) is 0 Å². The summed E-state index contributed by atoms with van der Waals surface area (Å²) in [7, 11) is 0. The highest BCUT2D eigenvalue weighted by molar-refractivity contribution is 5.93. The largest absolute Gasteiger partial charge is 0.327 e. The van der Waals surface area contributed by atoms with Gasteiger partial charge in [0.25, 0.3) is 0 Å². The molecule has 2 rings (SSSR count). The predicted octanol–water partition coefficient (Wildman–Crippen LogP) is 2.71. The number of carbonyl (C=O) groups excluding carboxylic acids is 1. The van der Waals surface area contributed by atoms with Gasteiger partial charge < -0.3 is 11.1 Å². The average Bonchev–Trinajstić information content (AvgIpc) is 2.39. The molecule has 1 saturated carbocycles. The number of nitrogens with one attached hydrogen (secondary N) is 1. The molecule has 1 aromatic rings. The molecule has 0 bridgehead atoms. The number of hydrogen-bond acceptors (Lipinski definition) is 2. The van der Waals surface area contributed by atoms with Crippen molar-refractivity contribution in [2.24, 2.45) is 11.7 Å². The van der Waals surface area contributed by atoms with Crippen LogP contribution >= 0.6 is 0 Å². The molecule has 1 aromatic carbocycles. The molecule has 0 saturated heterocycles. The van der Waals surface area contributed by atoms with Crippen LogP contribution in [0.2, 0.25) is 0 Å². The number of carbonyl (C=O) groups is 1. The number of amides is 1. The summed E-state index contributed by atoms with van der Waals surface area (Å²) in [5.74, 6) is 0.0551. The van der Waals surface area contributed by atoms with Gasteiger partial charge in [-0.3, -0.25) is 4.79 Å². The maximum Gasteiger partial charge on any atom is 0.229 e. The van der Waals surface area contributed by atoms with Gasteiger partial charge in [0.05, 0.1) is 5.92 Å². The van der Waals surface area contributed by atoms with E-state index in [9.17, 15) is 4.79 Å². The molecular weight excluding hydrogens is 224 g/mol. The number of benzene rings is 1. The van der Waals surface area contributed by atoms with Crippen molar-refractivity contribution in [2.45, 2.75) is 45.1 Å². The molecule has 98 valence electrons. The fourth-order valence-corrected chi connectivity index (χ4v) is 2.59. The van der Waals surface area contributed by atoms with E-state index in [-0.39, 0.29) is 17.9 Å². The SMILES string of the molecule is CCc1cccc(NC(=O)C2CCCCC2N)c1. The van der Waals surface area contributed by atoms with Gasteiger partial charge in [-0.2, -0.15) is 0 Å². The van der Waals surface area contributed by atoms with Crippen molar-refractivity contribution in [2.75, 3.05) is 5.32 Å². The van der Waals surface area contributed by atoms with Crippen LogP contribution in [0, 0.1) is 5.92 Å². The Kier molecular flexibility index (Phi) is 4.37. The van der Waals surface area contributed by atoms with E-state index < -0.39 is 0 Å². The van der Waals surface area contributed by atoms with Gasteiger partial charge in [-0.15, -0.1) is 0 Å². The summed E-state index contributed by atoms with van der Waals surface area (Å²) in [6.07, 6.45) is 5.12. The monoisotopic (exact) mass is 246 g/mol. The van der Waals surface area contributed by atoms with E-state index in [4.69, 9.17) is 5.73 Å². The molecule has 3 N–H and O–H groups in total. The van der Waals surface area contributed by atoms with Crippen molar-refractivity contribution in [1.29, 1.82) is 0 Å². The zero-order valence-corrected chi connectivity index (χ0v) is 11.0. The molecule has 3 nitrogen and oxygen atoms in total. The van der Waals surface area contributed by atoms with Gasteiger partial charge in [0.15, 0.2) is 0 Å². The van der Waals surface area contributed by atoms with Gasteiger partial charge in [0.2, 0.25) is 5.91 Å². The standard InChI is InChI=1S/C15H22N2O/c1-2-11-6-5-7-12(10-11)17-15(18)13-8-3-4-9-14(13)16/h5-7,10,13-14H,2-4,8-9,16H2,1H3,(H,17,18). The van der Waals surface area contributed by atoms with Crippen LogP contribution in [-0.2, 0) is 11.2 Å². The normalized spacial score (nSPS) is 23.7. The van der Waals surface area contributed by atoms with Crippen LogP contribution in [0.1, 0.15) is 38.2 Å². The molecule has 2 unspecified atom stereocenters. The first kappa shape index (κ1) is 13.1. The van der Waals surface area contributed by atoms with Crippen molar-refractivity contribution < 1.29 is 4.79 Å². The van der Waals surface area contributed by atoms with Crippen LogP contribution in [0.15, 0.2) is 24.3 Å². The first-order chi connectivity index (χ1) is 8.70. The van der Waals surface area contributed by atoms with E-state index in [1.165, 1.54) is 5.56 Å². The van der Waals surface area contributed by atoms with Gasteiger partial charge in [-0.05, 0) is 37.0 Å². The van der Waals surface area contributed by atoms with Crippen molar-refractivity contribution in [3.8, 4) is 0 Å². The minimum atomic E-state index is -0.0240. The minimum Gasteiger partial charge on any atom is -0.327 e. The Morgan fingerprint density at radius 3 is 2.89 bits per heavy atom. The zero-order valence-electron chi connectivity index (χ0n) is 11.0. The minimum absolute atomic E-state index is 0.0214. The van der Waals surface area contributed by atoms with E-state index in [0.717, 1.165) is 37.8 Å². The number of aryl methyl sites for hydroxylation is 1. The van der Waals surface area contributed by atoms with E-state index >= 15 is 0 Å². The Morgan fingerprint density at radius 1 is 1.39 bits per heavy atom. The molecule has 1 aliphatic rings. The maximum absolute atomic E-state index is 12.2. The van der Waals surface area contributed by atoms with Crippen LogP contribution in [-0.4, -0.2) is 11.9 Å². The topological polar surface area (TPSA) is 55.1 Å². The lowest BCUT2D eigenvalue weighted by molar-refractivity contribution is -0.121.